The monoisotopic (exact) mass is 371 g/mol. The average Bonchev–Trinajstić information content (AvgIpc) is 3.36. The summed E-state index contributed by atoms with van der Waals surface area (Å²) in [4.78, 5) is 17.4. The van der Waals surface area contributed by atoms with Gasteiger partial charge in [0.25, 0.3) is 0 Å². The highest BCUT2D eigenvalue weighted by molar-refractivity contribution is 7.13. The Kier molecular flexibility index (Phi) is 4.83. The molecule has 134 valence electrons. The summed E-state index contributed by atoms with van der Waals surface area (Å²) in [6.07, 6.45) is 0.676. The second kappa shape index (κ2) is 7.57. The zero-order valence-corrected chi connectivity index (χ0v) is 14.8. The number of carbonyl (C=O) groups is 1. The topological polar surface area (TPSA) is 86.5 Å². The van der Waals surface area contributed by atoms with Gasteiger partial charge in [0.05, 0.1) is 4.88 Å². The molecule has 2 aromatic heterocycles. The number of fused-ring (bicyclic) bond motifs is 1. The second-order valence-electron chi connectivity index (χ2n) is 5.71. The van der Waals surface area contributed by atoms with Gasteiger partial charge in [0, 0.05) is 24.9 Å². The number of rotatable bonds is 6. The number of aryl methyl sites for hydroxylation is 1. The van der Waals surface area contributed by atoms with Gasteiger partial charge in [-0.15, -0.1) is 11.3 Å². The van der Waals surface area contributed by atoms with Gasteiger partial charge in [-0.05, 0) is 17.5 Å². The molecule has 0 spiro atoms. The van der Waals surface area contributed by atoms with Crippen LogP contribution in [0.15, 0.2) is 40.2 Å². The summed E-state index contributed by atoms with van der Waals surface area (Å²) in [5, 5.41) is 8.79. The van der Waals surface area contributed by atoms with Crippen LogP contribution in [0.1, 0.15) is 17.9 Å². The molecule has 4 rings (SSSR count). The van der Waals surface area contributed by atoms with E-state index in [1.54, 1.807) is 11.3 Å². The molecule has 0 unspecified atom stereocenters. The summed E-state index contributed by atoms with van der Waals surface area (Å²) in [5.74, 6) is 2.35. The fraction of sp³-hybridized carbons (Fsp3) is 0.278. The molecule has 7 nitrogen and oxygen atoms in total. The van der Waals surface area contributed by atoms with Crippen molar-refractivity contribution in [3.05, 3.63) is 47.2 Å². The number of carbonyl (C=O) groups excluding carboxylic acids is 1. The summed E-state index contributed by atoms with van der Waals surface area (Å²) < 4.78 is 16.4. The molecule has 1 N–H and O–H groups in total. The number of thiophene rings is 1. The van der Waals surface area contributed by atoms with Crippen LogP contribution in [0.5, 0.6) is 11.5 Å². The summed E-state index contributed by atoms with van der Waals surface area (Å²) in [7, 11) is 0. The highest BCUT2D eigenvalue weighted by Crippen LogP contribution is 2.33. The fourth-order valence-corrected chi connectivity index (χ4v) is 3.29. The molecule has 3 aromatic rings. The van der Waals surface area contributed by atoms with Crippen LogP contribution >= 0.6 is 11.3 Å². The van der Waals surface area contributed by atoms with E-state index in [1.165, 1.54) is 0 Å². The van der Waals surface area contributed by atoms with E-state index in [0.717, 1.165) is 16.2 Å². The van der Waals surface area contributed by atoms with Crippen molar-refractivity contribution in [1.82, 2.24) is 15.5 Å². The number of amides is 1. The van der Waals surface area contributed by atoms with Crippen molar-refractivity contribution in [3.63, 3.8) is 0 Å². The number of ether oxygens (including phenoxy) is 2. The molecular weight excluding hydrogens is 354 g/mol. The number of nitrogens with one attached hydrogen (secondary N) is 1. The molecule has 8 heteroatoms. The molecule has 26 heavy (non-hydrogen) atoms. The maximum atomic E-state index is 12.1. The van der Waals surface area contributed by atoms with Crippen molar-refractivity contribution in [2.24, 2.45) is 0 Å². The molecule has 1 aliphatic heterocycles. The summed E-state index contributed by atoms with van der Waals surface area (Å²) in [6, 6.07) is 9.53. The van der Waals surface area contributed by atoms with Gasteiger partial charge in [-0.3, -0.25) is 4.79 Å². The summed E-state index contributed by atoms with van der Waals surface area (Å²) >= 11 is 1.54. The van der Waals surface area contributed by atoms with E-state index in [0.29, 0.717) is 43.6 Å². The minimum atomic E-state index is -0.0878. The van der Waals surface area contributed by atoms with Crippen molar-refractivity contribution in [2.45, 2.75) is 19.4 Å². The van der Waals surface area contributed by atoms with E-state index in [9.17, 15) is 4.79 Å². The Balaban J connectivity index is 1.30. The van der Waals surface area contributed by atoms with E-state index < -0.39 is 0 Å². The first kappa shape index (κ1) is 16.6. The normalized spacial score (nSPS) is 12.8. The first-order valence-electron chi connectivity index (χ1n) is 8.30. The summed E-state index contributed by atoms with van der Waals surface area (Å²) in [5.41, 5.74) is 0.897. The van der Waals surface area contributed by atoms with Crippen molar-refractivity contribution >= 4 is 17.2 Å². The molecular formula is C18H17N3O4S. The van der Waals surface area contributed by atoms with Gasteiger partial charge < -0.3 is 19.3 Å². The third-order valence-electron chi connectivity index (χ3n) is 3.90. The number of hydrogen-bond acceptors (Lipinski definition) is 7. The Bertz CT molecular complexity index is 892. The molecule has 0 aliphatic carbocycles. The van der Waals surface area contributed by atoms with Crippen LogP contribution in [0.25, 0.3) is 10.7 Å². The quantitative estimate of drug-likeness (QED) is 0.717. The standard InChI is InChI=1S/C18H17N3O4S/c22-15(6-7-16-20-18(21-25-16)14-5-2-10-26-14)19-11-12-3-1-4-13-17(12)24-9-8-23-13/h1-5,10H,6-9,11H2,(H,19,22). The molecule has 0 atom stereocenters. The van der Waals surface area contributed by atoms with Gasteiger partial charge in [0.2, 0.25) is 17.6 Å². The Morgan fingerprint density at radius 2 is 2.12 bits per heavy atom. The Labute approximate surface area is 153 Å². The van der Waals surface area contributed by atoms with Crippen LogP contribution in [0.3, 0.4) is 0 Å². The van der Waals surface area contributed by atoms with Gasteiger partial charge in [-0.2, -0.15) is 4.98 Å². The maximum Gasteiger partial charge on any atom is 0.227 e. The lowest BCUT2D eigenvalue weighted by atomic mass is 10.1. The van der Waals surface area contributed by atoms with Gasteiger partial charge in [-0.25, -0.2) is 0 Å². The molecule has 1 aliphatic rings. The van der Waals surface area contributed by atoms with Crippen LogP contribution < -0.4 is 14.8 Å². The Morgan fingerprint density at radius 1 is 1.19 bits per heavy atom. The SMILES string of the molecule is O=C(CCc1nc(-c2cccs2)no1)NCc1cccc2c1OCCO2. The zero-order chi connectivity index (χ0) is 17.8. The van der Waals surface area contributed by atoms with E-state index >= 15 is 0 Å². The predicted molar refractivity (Wildman–Crippen MR) is 95.2 cm³/mol. The number of hydrogen-bond donors (Lipinski definition) is 1. The third kappa shape index (κ3) is 3.70. The van der Waals surface area contributed by atoms with E-state index in [1.807, 2.05) is 35.7 Å². The number of aromatic nitrogens is 2. The third-order valence-corrected chi connectivity index (χ3v) is 4.77. The lowest BCUT2D eigenvalue weighted by Crippen LogP contribution is -2.24. The maximum absolute atomic E-state index is 12.1. The fourth-order valence-electron chi connectivity index (χ4n) is 2.64. The molecule has 3 heterocycles. The minimum absolute atomic E-state index is 0.0878. The van der Waals surface area contributed by atoms with Crippen LogP contribution in [-0.2, 0) is 17.8 Å². The molecule has 0 bridgehead atoms. The highest BCUT2D eigenvalue weighted by Gasteiger charge is 2.16. The first-order chi connectivity index (χ1) is 12.8. The molecule has 1 aromatic carbocycles. The number of benzene rings is 1. The Morgan fingerprint density at radius 3 is 3.00 bits per heavy atom. The zero-order valence-electron chi connectivity index (χ0n) is 13.9. The van der Waals surface area contributed by atoms with Crippen LogP contribution in [0.2, 0.25) is 0 Å². The predicted octanol–water partition coefficient (Wildman–Crippen LogP) is 2.82. The first-order valence-corrected chi connectivity index (χ1v) is 9.18. The van der Waals surface area contributed by atoms with E-state index in [2.05, 4.69) is 15.5 Å². The van der Waals surface area contributed by atoms with Gasteiger partial charge in [0.15, 0.2) is 11.5 Å². The van der Waals surface area contributed by atoms with Crippen molar-refractivity contribution in [2.75, 3.05) is 13.2 Å². The van der Waals surface area contributed by atoms with Gasteiger partial charge >= 0.3 is 0 Å². The summed E-state index contributed by atoms with van der Waals surface area (Å²) in [6.45, 7) is 1.44. The largest absolute Gasteiger partial charge is 0.486 e. The van der Waals surface area contributed by atoms with Gasteiger partial charge in [0.1, 0.15) is 13.2 Å². The van der Waals surface area contributed by atoms with Crippen LogP contribution in [-0.4, -0.2) is 29.3 Å². The number of para-hydroxylation sites is 1. The van der Waals surface area contributed by atoms with Crippen molar-refractivity contribution < 1.29 is 18.8 Å². The molecule has 1 amide bonds. The van der Waals surface area contributed by atoms with Crippen molar-refractivity contribution in [1.29, 1.82) is 0 Å². The Hall–Kier alpha value is -2.87. The van der Waals surface area contributed by atoms with Crippen LogP contribution in [0.4, 0.5) is 0 Å². The van der Waals surface area contributed by atoms with Gasteiger partial charge in [-0.1, -0.05) is 23.4 Å². The molecule has 0 fully saturated rings. The average molecular weight is 371 g/mol. The minimum Gasteiger partial charge on any atom is -0.486 e. The smallest absolute Gasteiger partial charge is 0.227 e. The van der Waals surface area contributed by atoms with Crippen molar-refractivity contribution in [3.8, 4) is 22.2 Å². The molecule has 0 saturated heterocycles. The molecule has 0 radical (unpaired) electrons. The second-order valence-corrected chi connectivity index (χ2v) is 6.65. The number of nitrogens with zero attached hydrogens (tertiary/aromatic N) is 2. The highest BCUT2D eigenvalue weighted by atomic mass is 32.1. The lowest BCUT2D eigenvalue weighted by molar-refractivity contribution is -0.121. The lowest BCUT2D eigenvalue weighted by Gasteiger charge is -2.21. The van der Waals surface area contributed by atoms with Crippen LogP contribution in [0, 0.1) is 0 Å². The van der Waals surface area contributed by atoms with E-state index in [-0.39, 0.29) is 12.3 Å². The molecule has 0 saturated carbocycles. The van der Waals surface area contributed by atoms with E-state index in [4.69, 9.17) is 14.0 Å².